The molecule has 1 aliphatic carbocycles. The highest BCUT2D eigenvalue weighted by Gasteiger charge is 2.22. The molecule has 1 saturated heterocycles. The van der Waals surface area contributed by atoms with Crippen LogP contribution in [0, 0.1) is 5.92 Å². The largest absolute Gasteiger partial charge is 0.297 e. The van der Waals surface area contributed by atoms with E-state index in [4.69, 9.17) is 5.10 Å². The lowest BCUT2D eigenvalue weighted by Crippen LogP contribution is -2.21. The van der Waals surface area contributed by atoms with Gasteiger partial charge in [-0.2, -0.15) is 5.10 Å². The van der Waals surface area contributed by atoms with Crippen molar-refractivity contribution in [1.82, 2.24) is 14.7 Å². The molecular formula is C14H22BrN3. The molecule has 0 aromatic carbocycles. The van der Waals surface area contributed by atoms with Crippen LogP contribution in [-0.2, 0) is 6.54 Å². The molecule has 2 heterocycles. The normalized spacial score (nSPS) is 26.2. The van der Waals surface area contributed by atoms with E-state index in [2.05, 4.69) is 37.8 Å². The van der Waals surface area contributed by atoms with Gasteiger partial charge in [0.05, 0.1) is 11.7 Å². The lowest BCUT2D eigenvalue weighted by molar-refractivity contribution is 0.314. The molecule has 1 atom stereocenters. The monoisotopic (exact) mass is 311 g/mol. The topological polar surface area (TPSA) is 21.1 Å². The SMILES string of the molecule is BrCC1CCN(Cc2ccn(C3CCCC3)n2)C1. The van der Waals surface area contributed by atoms with Crippen LogP contribution in [0.2, 0.25) is 0 Å². The fourth-order valence-electron chi connectivity index (χ4n) is 3.25. The van der Waals surface area contributed by atoms with Gasteiger partial charge in [0.15, 0.2) is 0 Å². The first-order valence-electron chi connectivity index (χ1n) is 7.17. The summed E-state index contributed by atoms with van der Waals surface area (Å²) >= 11 is 3.59. The van der Waals surface area contributed by atoms with Crippen molar-refractivity contribution in [3.05, 3.63) is 18.0 Å². The molecule has 4 heteroatoms. The van der Waals surface area contributed by atoms with Gasteiger partial charge in [0, 0.05) is 24.6 Å². The molecule has 0 bridgehead atoms. The van der Waals surface area contributed by atoms with E-state index in [1.165, 1.54) is 50.9 Å². The van der Waals surface area contributed by atoms with E-state index in [1.54, 1.807) is 0 Å². The summed E-state index contributed by atoms with van der Waals surface area (Å²) in [6.07, 6.45) is 8.89. The van der Waals surface area contributed by atoms with Gasteiger partial charge < -0.3 is 0 Å². The highest BCUT2D eigenvalue weighted by Crippen LogP contribution is 2.29. The van der Waals surface area contributed by atoms with Crippen molar-refractivity contribution < 1.29 is 0 Å². The fourth-order valence-corrected chi connectivity index (χ4v) is 3.77. The Balaban J connectivity index is 1.57. The van der Waals surface area contributed by atoms with Crippen LogP contribution in [0.5, 0.6) is 0 Å². The first-order valence-corrected chi connectivity index (χ1v) is 8.29. The second-order valence-electron chi connectivity index (χ2n) is 5.77. The number of alkyl halides is 1. The van der Waals surface area contributed by atoms with Gasteiger partial charge in [-0.15, -0.1) is 0 Å². The molecule has 2 fully saturated rings. The smallest absolute Gasteiger partial charge is 0.0764 e. The van der Waals surface area contributed by atoms with Gasteiger partial charge >= 0.3 is 0 Å². The second-order valence-corrected chi connectivity index (χ2v) is 6.42. The molecule has 2 aliphatic rings. The van der Waals surface area contributed by atoms with Gasteiger partial charge in [-0.05, 0) is 37.8 Å². The Bertz CT molecular complexity index is 384. The highest BCUT2D eigenvalue weighted by molar-refractivity contribution is 9.09. The Morgan fingerprint density at radius 2 is 2.11 bits per heavy atom. The number of rotatable bonds is 4. The predicted octanol–water partition coefficient (Wildman–Crippen LogP) is 3.22. The minimum Gasteiger partial charge on any atom is -0.297 e. The minimum atomic E-state index is 0.674. The maximum Gasteiger partial charge on any atom is 0.0764 e. The number of likely N-dealkylation sites (tertiary alicyclic amines) is 1. The van der Waals surface area contributed by atoms with E-state index in [1.807, 2.05) is 0 Å². The molecule has 1 aromatic heterocycles. The van der Waals surface area contributed by atoms with Crippen LogP contribution in [0.1, 0.15) is 43.8 Å². The van der Waals surface area contributed by atoms with Crippen molar-refractivity contribution in [3.8, 4) is 0 Å². The Labute approximate surface area is 118 Å². The molecule has 0 radical (unpaired) electrons. The van der Waals surface area contributed by atoms with Gasteiger partial charge in [0.1, 0.15) is 0 Å². The molecular weight excluding hydrogens is 290 g/mol. The lowest BCUT2D eigenvalue weighted by atomic mass is 10.2. The summed E-state index contributed by atoms with van der Waals surface area (Å²) in [5, 5.41) is 5.91. The molecule has 100 valence electrons. The summed E-state index contributed by atoms with van der Waals surface area (Å²) in [5.41, 5.74) is 1.25. The molecule has 18 heavy (non-hydrogen) atoms. The van der Waals surface area contributed by atoms with Crippen molar-refractivity contribution in [2.75, 3.05) is 18.4 Å². The van der Waals surface area contributed by atoms with E-state index in [9.17, 15) is 0 Å². The molecule has 3 rings (SSSR count). The maximum absolute atomic E-state index is 4.77. The van der Waals surface area contributed by atoms with Crippen LogP contribution in [0.15, 0.2) is 12.3 Å². The standard InChI is InChI=1S/C14H22BrN3/c15-9-12-5-7-17(10-12)11-13-6-8-18(16-13)14-3-1-2-4-14/h6,8,12,14H,1-5,7,9-11H2. The Hall–Kier alpha value is -0.350. The molecule has 0 amide bonds. The zero-order chi connectivity index (χ0) is 12.4. The maximum atomic E-state index is 4.77. The molecule has 1 saturated carbocycles. The van der Waals surface area contributed by atoms with Crippen molar-refractivity contribution in [3.63, 3.8) is 0 Å². The molecule has 1 aliphatic heterocycles. The summed E-state index contributed by atoms with van der Waals surface area (Å²) in [6, 6.07) is 2.88. The average molecular weight is 312 g/mol. The number of hydrogen-bond donors (Lipinski definition) is 0. The summed E-state index contributed by atoms with van der Waals surface area (Å²) in [4.78, 5) is 2.53. The van der Waals surface area contributed by atoms with Crippen molar-refractivity contribution in [2.24, 2.45) is 5.92 Å². The molecule has 1 unspecified atom stereocenters. The van der Waals surface area contributed by atoms with Gasteiger partial charge in [-0.25, -0.2) is 0 Å². The minimum absolute atomic E-state index is 0.674. The Morgan fingerprint density at radius 1 is 1.28 bits per heavy atom. The third-order valence-electron chi connectivity index (χ3n) is 4.34. The zero-order valence-corrected chi connectivity index (χ0v) is 12.5. The summed E-state index contributed by atoms with van der Waals surface area (Å²) in [5.74, 6) is 0.835. The van der Waals surface area contributed by atoms with Crippen molar-refractivity contribution in [1.29, 1.82) is 0 Å². The third kappa shape index (κ3) is 2.80. The van der Waals surface area contributed by atoms with Gasteiger partial charge in [0.2, 0.25) is 0 Å². The van der Waals surface area contributed by atoms with E-state index in [-0.39, 0.29) is 0 Å². The van der Waals surface area contributed by atoms with Crippen LogP contribution in [0.3, 0.4) is 0 Å². The van der Waals surface area contributed by atoms with E-state index in [0.717, 1.165) is 17.8 Å². The number of halogens is 1. The summed E-state index contributed by atoms with van der Waals surface area (Å²) < 4.78 is 2.21. The lowest BCUT2D eigenvalue weighted by Gasteiger charge is -2.14. The third-order valence-corrected chi connectivity index (χ3v) is 5.25. The summed E-state index contributed by atoms with van der Waals surface area (Å²) in [7, 11) is 0. The molecule has 3 nitrogen and oxygen atoms in total. The second kappa shape index (κ2) is 5.74. The molecule has 0 N–H and O–H groups in total. The van der Waals surface area contributed by atoms with Gasteiger partial charge in [0.25, 0.3) is 0 Å². The molecule has 1 aromatic rings. The van der Waals surface area contributed by atoms with Gasteiger partial charge in [-0.1, -0.05) is 28.8 Å². The quantitative estimate of drug-likeness (QED) is 0.796. The van der Waals surface area contributed by atoms with E-state index >= 15 is 0 Å². The van der Waals surface area contributed by atoms with Crippen LogP contribution in [0.4, 0.5) is 0 Å². The fraction of sp³-hybridized carbons (Fsp3) is 0.786. The van der Waals surface area contributed by atoms with Crippen LogP contribution in [-0.4, -0.2) is 33.1 Å². The first-order chi connectivity index (χ1) is 8.85. The Kier molecular flexibility index (Phi) is 4.04. The number of nitrogens with zero attached hydrogens (tertiary/aromatic N) is 3. The number of aromatic nitrogens is 2. The predicted molar refractivity (Wildman–Crippen MR) is 76.9 cm³/mol. The van der Waals surface area contributed by atoms with Crippen molar-refractivity contribution in [2.45, 2.75) is 44.7 Å². The summed E-state index contributed by atoms with van der Waals surface area (Å²) in [6.45, 7) is 3.48. The number of hydrogen-bond acceptors (Lipinski definition) is 2. The van der Waals surface area contributed by atoms with Crippen LogP contribution in [0.25, 0.3) is 0 Å². The van der Waals surface area contributed by atoms with Crippen LogP contribution < -0.4 is 0 Å². The van der Waals surface area contributed by atoms with Crippen molar-refractivity contribution >= 4 is 15.9 Å². The Morgan fingerprint density at radius 3 is 2.83 bits per heavy atom. The van der Waals surface area contributed by atoms with Crippen LogP contribution >= 0.6 is 15.9 Å². The van der Waals surface area contributed by atoms with E-state index < -0.39 is 0 Å². The average Bonchev–Trinajstić information content (AvgIpc) is 3.10. The highest BCUT2D eigenvalue weighted by atomic mass is 79.9. The molecule has 0 spiro atoms. The van der Waals surface area contributed by atoms with Gasteiger partial charge in [-0.3, -0.25) is 9.58 Å². The first kappa shape index (κ1) is 12.7. The van der Waals surface area contributed by atoms with E-state index in [0.29, 0.717) is 6.04 Å². The zero-order valence-electron chi connectivity index (χ0n) is 10.9.